The third-order valence-electron chi connectivity index (χ3n) is 5.82. The Hall–Kier alpha value is -4.53. The predicted molar refractivity (Wildman–Crippen MR) is 129 cm³/mol. The minimum absolute atomic E-state index is 0.298. The van der Waals surface area contributed by atoms with Gasteiger partial charge in [0, 0.05) is 52.9 Å². The summed E-state index contributed by atoms with van der Waals surface area (Å²) in [5.74, 6) is 0. The van der Waals surface area contributed by atoms with E-state index >= 15 is 0 Å². The van der Waals surface area contributed by atoms with E-state index in [4.69, 9.17) is 10.1 Å². The van der Waals surface area contributed by atoms with E-state index in [2.05, 4.69) is 44.9 Å². The number of fused-ring (bicyclic) bond motifs is 2. The average Bonchev–Trinajstić information content (AvgIpc) is 3.51. The Kier molecular flexibility index (Phi) is 4.61. The van der Waals surface area contributed by atoms with Crippen molar-refractivity contribution in [2.75, 3.05) is 0 Å². The number of imidazole rings is 1. The van der Waals surface area contributed by atoms with Crippen LogP contribution in [0.25, 0.3) is 50.5 Å². The van der Waals surface area contributed by atoms with E-state index in [0.29, 0.717) is 17.4 Å². The zero-order valence-corrected chi connectivity index (χ0v) is 19.0. The Labute approximate surface area is 195 Å². The quantitative estimate of drug-likeness (QED) is 0.391. The molecule has 9 heteroatoms. The van der Waals surface area contributed by atoms with Crippen LogP contribution in [-0.2, 0) is 0 Å². The van der Waals surface area contributed by atoms with E-state index in [0.717, 1.165) is 44.8 Å². The molecule has 0 fully saturated rings. The van der Waals surface area contributed by atoms with Crippen molar-refractivity contribution in [3.63, 3.8) is 0 Å². The van der Waals surface area contributed by atoms with Crippen LogP contribution in [-0.4, -0.2) is 44.3 Å². The van der Waals surface area contributed by atoms with Gasteiger partial charge in [-0.15, -0.1) is 0 Å². The van der Waals surface area contributed by atoms with Gasteiger partial charge in [-0.2, -0.15) is 10.2 Å². The Morgan fingerprint density at radius 2 is 1.76 bits per heavy atom. The molecule has 0 spiro atoms. The summed E-state index contributed by atoms with van der Waals surface area (Å²) < 4.78 is 3.82. The van der Waals surface area contributed by atoms with Crippen LogP contribution in [0.4, 0.5) is 0 Å². The Bertz CT molecular complexity index is 1650. The molecular weight excluding hydrogens is 426 g/mol. The standard InChI is InChI=1S/C25H21N9/c1-15(2)33-14-17(11-30-33)20-10-24-29-13-23(34(24)32-16(20)3)18-6-7-28-25-19(18)4-5-21(31-25)22-12-26-8-9-27-22/h4-15H,1-3H3. The lowest BCUT2D eigenvalue weighted by molar-refractivity contribution is 0.532. The summed E-state index contributed by atoms with van der Waals surface area (Å²) in [6, 6.07) is 8.26. The first-order valence-corrected chi connectivity index (χ1v) is 11.0. The van der Waals surface area contributed by atoms with Crippen molar-refractivity contribution in [2.45, 2.75) is 26.8 Å². The monoisotopic (exact) mass is 447 g/mol. The number of nitrogens with zero attached hydrogens (tertiary/aromatic N) is 9. The van der Waals surface area contributed by atoms with Crippen molar-refractivity contribution in [1.82, 2.24) is 44.3 Å². The molecule has 0 atom stereocenters. The van der Waals surface area contributed by atoms with Crippen LogP contribution in [0.5, 0.6) is 0 Å². The highest BCUT2D eigenvalue weighted by atomic mass is 15.3. The second kappa shape index (κ2) is 7.80. The summed E-state index contributed by atoms with van der Waals surface area (Å²) in [4.78, 5) is 22.3. The lowest BCUT2D eigenvalue weighted by atomic mass is 10.1. The van der Waals surface area contributed by atoms with Gasteiger partial charge in [0.1, 0.15) is 5.69 Å². The molecule has 6 aromatic heterocycles. The predicted octanol–water partition coefficient (Wildman–Crippen LogP) is 4.55. The van der Waals surface area contributed by atoms with Gasteiger partial charge in [-0.3, -0.25) is 14.6 Å². The minimum Gasteiger partial charge on any atom is -0.270 e. The van der Waals surface area contributed by atoms with Crippen LogP contribution in [0.2, 0.25) is 0 Å². The van der Waals surface area contributed by atoms with Gasteiger partial charge in [-0.1, -0.05) is 0 Å². The number of hydrogen-bond acceptors (Lipinski definition) is 7. The zero-order chi connectivity index (χ0) is 23.2. The first-order chi connectivity index (χ1) is 16.6. The van der Waals surface area contributed by atoms with Crippen LogP contribution in [0.3, 0.4) is 0 Å². The molecule has 0 saturated heterocycles. The van der Waals surface area contributed by atoms with E-state index in [1.807, 2.05) is 52.9 Å². The summed E-state index contributed by atoms with van der Waals surface area (Å²) in [7, 11) is 0. The van der Waals surface area contributed by atoms with Crippen molar-refractivity contribution >= 4 is 16.7 Å². The second-order valence-electron chi connectivity index (χ2n) is 8.38. The maximum Gasteiger partial charge on any atom is 0.160 e. The van der Waals surface area contributed by atoms with Crippen LogP contribution in [0.15, 0.2) is 67.6 Å². The molecule has 0 aliphatic rings. The van der Waals surface area contributed by atoms with Crippen molar-refractivity contribution in [1.29, 1.82) is 0 Å². The fourth-order valence-corrected chi connectivity index (χ4v) is 4.06. The van der Waals surface area contributed by atoms with Gasteiger partial charge in [0.25, 0.3) is 0 Å². The fraction of sp³-hybridized carbons (Fsp3) is 0.160. The van der Waals surface area contributed by atoms with E-state index in [1.54, 1.807) is 24.8 Å². The van der Waals surface area contributed by atoms with Gasteiger partial charge >= 0.3 is 0 Å². The molecule has 166 valence electrons. The molecule has 0 N–H and O–H groups in total. The molecule has 6 aromatic rings. The molecular formula is C25H21N9. The molecule has 0 saturated carbocycles. The van der Waals surface area contributed by atoms with Crippen LogP contribution in [0, 0.1) is 6.92 Å². The SMILES string of the molecule is Cc1nn2c(-c3ccnc4nc(-c5cnccn5)ccc34)cnc2cc1-c1cnn(C(C)C)c1. The Balaban J connectivity index is 1.46. The molecule has 0 aromatic carbocycles. The highest BCUT2D eigenvalue weighted by Gasteiger charge is 2.16. The number of hydrogen-bond donors (Lipinski definition) is 0. The number of aryl methyl sites for hydroxylation is 1. The summed E-state index contributed by atoms with van der Waals surface area (Å²) in [5, 5.41) is 10.3. The van der Waals surface area contributed by atoms with Crippen molar-refractivity contribution in [2.24, 2.45) is 0 Å². The molecule has 9 nitrogen and oxygen atoms in total. The van der Waals surface area contributed by atoms with Crippen molar-refractivity contribution in [3.8, 4) is 33.8 Å². The molecule has 0 aliphatic heterocycles. The van der Waals surface area contributed by atoms with E-state index in [-0.39, 0.29) is 0 Å². The summed E-state index contributed by atoms with van der Waals surface area (Å²) in [5.41, 5.74) is 7.61. The van der Waals surface area contributed by atoms with Gasteiger partial charge in [0.05, 0.1) is 35.7 Å². The van der Waals surface area contributed by atoms with Crippen LogP contribution in [0.1, 0.15) is 25.6 Å². The lowest BCUT2D eigenvalue weighted by Gasteiger charge is -2.09. The first kappa shape index (κ1) is 20.1. The number of aromatic nitrogens is 9. The van der Waals surface area contributed by atoms with E-state index in [1.165, 1.54) is 0 Å². The highest BCUT2D eigenvalue weighted by Crippen LogP contribution is 2.30. The third kappa shape index (κ3) is 3.29. The molecule has 0 bridgehead atoms. The summed E-state index contributed by atoms with van der Waals surface area (Å²) in [6.45, 7) is 6.22. The van der Waals surface area contributed by atoms with Gasteiger partial charge in [0.15, 0.2) is 11.3 Å². The third-order valence-corrected chi connectivity index (χ3v) is 5.82. The van der Waals surface area contributed by atoms with Gasteiger partial charge < -0.3 is 0 Å². The number of pyridine rings is 2. The average molecular weight is 448 g/mol. The fourth-order valence-electron chi connectivity index (χ4n) is 4.06. The molecule has 0 radical (unpaired) electrons. The van der Waals surface area contributed by atoms with Gasteiger partial charge in [-0.25, -0.2) is 19.5 Å². The minimum atomic E-state index is 0.298. The first-order valence-electron chi connectivity index (χ1n) is 11.0. The Morgan fingerprint density at radius 3 is 2.56 bits per heavy atom. The van der Waals surface area contributed by atoms with Crippen LogP contribution < -0.4 is 0 Å². The Morgan fingerprint density at radius 1 is 0.853 bits per heavy atom. The highest BCUT2D eigenvalue weighted by molar-refractivity contribution is 5.92. The summed E-state index contributed by atoms with van der Waals surface area (Å²) in [6.07, 6.45) is 12.5. The maximum absolute atomic E-state index is 4.87. The lowest BCUT2D eigenvalue weighted by Crippen LogP contribution is -2.01. The van der Waals surface area contributed by atoms with Crippen LogP contribution >= 0.6 is 0 Å². The largest absolute Gasteiger partial charge is 0.270 e. The summed E-state index contributed by atoms with van der Waals surface area (Å²) >= 11 is 0. The van der Waals surface area contributed by atoms with Gasteiger partial charge in [-0.05, 0) is 45.0 Å². The molecule has 6 rings (SSSR count). The zero-order valence-electron chi connectivity index (χ0n) is 19.0. The van der Waals surface area contributed by atoms with E-state index in [9.17, 15) is 0 Å². The molecule has 6 heterocycles. The topological polar surface area (TPSA) is 99.6 Å². The maximum atomic E-state index is 4.87. The van der Waals surface area contributed by atoms with E-state index < -0.39 is 0 Å². The smallest absolute Gasteiger partial charge is 0.160 e. The molecule has 0 amide bonds. The molecule has 34 heavy (non-hydrogen) atoms. The van der Waals surface area contributed by atoms with Gasteiger partial charge in [0.2, 0.25) is 0 Å². The van der Waals surface area contributed by atoms with Crippen molar-refractivity contribution in [3.05, 3.63) is 73.3 Å². The normalized spacial score (nSPS) is 11.6. The molecule has 0 aliphatic carbocycles. The second-order valence-corrected chi connectivity index (χ2v) is 8.38. The molecule has 0 unspecified atom stereocenters. The van der Waals surface area contributed by atoms with Crippen molar-refractivity contribution < 1.29 is 0 Å². The number of rotatable bonds is 4.